The van der Waals surface area contributed by atoms with Crippen LogP contribution in [0.4, 0.5) is 0 Å². The number of unbranched alkanes of at least 4 members (excludes halogenated alkanes) is 5. The van der Waals surface area contributed by atoms with Crippen LogP contribution in [0, 0.1) is 0 Å². The molecule has 0 saturated carbocycles. The van der Waals surface area contributed by atoms with E-state index in [1.54, 1.807) is 0 Å². The van der Waals surface area contributed by atoms with Crippen molar-refractivity contribution in [2.75, 3.05) is 0 Å². The Hall–Kier alpha value is -1.17. The van der Waals surface area contributed by atoms with Crippen molar-refractivity contribution in [2.45, 2.75) is 71.4 Å². The fraction of sp³-hybridized carbons (Fsp3) is 0.550. The minimum Gasteiger partial charge on any atom is -0.756 e. The summed E-state index contributed by atoms with van der Waals surface area (Å²) in [6, 6.07) is 8.17. The van der Waals surface area contributed by atoms with Crippen molar-refractivity contribution in [1.82, 2.24) is 4.57 Å². The topological polar surface area (TPSA) is 89.4 Å². The zero-order valence-corrected chi connectivity index (χ0v) is 18.2. The van der Waals surface area contributed by atoms with Gasteiger partial charge in [-0.1, -0.05) is 56.0 Å². The van der Waals surface area contributed by atoms with Crippen molar-refractivity contribution in [2.24, 2.45) is 0 Å². The van der Waals surface area contributed by atoms with Crippen molar-refractivity contribution in [1.29, 1.82) is 0 Å². The SMILES string of the molecule is CCCCCCC[n+]1ccn(CCCCc2ccccc2Cl)c1.O=P([O-])(O)O. The number of nitrogens with zero attached hydrogens (tertiary/aromatic N) is 2. The Labute approximate surface area is 173 Å². The summed E-state index contributed by atoms with van der Waals surface area (Å²) in [5, 5.41) is 0.898. The van der Waals surface area contributed by atoms with Crippen LogP contribution < -0.4 is 9.46 Å². The average molecular weight is 431 g/mol. The number of aryl methyl sites for hydroxylation is 3. The molecule has 2 N–H and O–H groups in total. The van der Waals surface area contributed by atoms with Crippen molar-refractivity contribution in [3.8, 4) is 0 Å². The Kier molecular flexibility index (Phi) is 12.4. The Morgan fingerprint density at radius 2 is 1.79 bits per heavy atom. The highest BCUT2D eigenvalue weighted by Gasteiger charge is 2.04. The van der Waals surface area contributed by atoms with E-state index in [2.05, 4.69) is 46.9 Å². The van der Waals surface area contributed by atoms with Gasteiger partial charge >= 0.3 is 0 Å². The minimum atomic E-state index is -4.89. The molecule has 0 radical (unpaired) electrons. The van der Waals surface area contributed by atoms with E-state index in [1.807, 2.05) is 12.1 Å². The van der Waals surface area contributed by atoms with Crippen LogP contribution in [0.2, 0.25) is 5.02 Å². The van der Waals surface area contributed by atoms with Crippen LogP contribution in [0.3, 0.4) is 0 Å². The van der Waals surface area contributed by atoms with Crippen LogP contribution in [0.5, 0.6) is 0 Å². The highest BCUT2D eigenvalue weighted by atomic mass is 35.5. The summed E-state index contributed by atoms with van der Waals surface area (Å²) in [7, 11) is -4.89. The van der Waals surface area contributed by atoms with Gasteiger partial charge in [0.2, 0.25) is 6.33 Å². The number of hydrogen-bond donors (Lipinski definition) is 2. The normalized spacial score (nSPS) is 11.2. The molecule has 1 heterocycles. The Morgan fingerprint density at radius 3 is 2.46 bits per heavy atom. The quantitative estimate of drug-likeness (QED) is 0.322. The van der Waals surface area contributed by atoms with E-state index < -0.39 is 7.82 Å². The predicted octanol–water partition coefficient (Wildman–Crippen LogP) is 3.86. The molecule has 6 nitrogen and oxygen atoms in total. The predicted molar refractivity (Wildman–Crippen MR) is 110 cm³/mol. The summed E-state index contributed by atoms with van der Waals surface area (Å²) in [5.41, 5.74) is 1.27. The third kappa shape index (κ3) is 13.1. The first-order valence-corrected chi connectivity index (χ1v) is 11.7. The average Bonchev–Trinajstić information content (AvgIpc) is 3.06. The molecule has 1 aromatic carbocycles. The molecular weight excluding hydrogens is 399 g/mol. The number of phosphoric acid groups is 1. The number of aromatic nitrogens is 2. The number of hydrogen-bond acceptors (Lipinski definition) is 2. The maximum Gasteiger partial charge on any atom is 0.262 e. The van der Waals surface area contributed by atoms with Gasteiger partial charge in [-0.3, -0.25) is 4.57 Å². The van der Waals surface area contributed by atoms with Crippen LogP contribution in [0.25, 0.3) is 0 Å². The lowest BCUT2D eigenvalue weighted by molar-refractivity contribution is -0.696. The molecule has 0 aliphatic rings. The van der Waals surface area contributed by atoms with Gasteiger partial charge in [-0.15, -0.1) is 0 Å². The molecule has 0 bridgehead atoms. The maximum absolute atomic E-state index is 8.77. The maximum atomic E-state index is 8.77. The first-order chi connectivity index (χ1) is 13.3. The fourth-order valence-electron chi connectivity index (χ4n) is 2.91. The lowest BCUT2D eigenvalue weighted by Crippen LogP contribution is -2.30. The van der Waals surface area contributed by atoms with Crippen LogP contribution in [-0.4, -0.2) is 14.4 Å². The van der Waals surface area contributed by atoms with E-state index in [-0.39, 0.29) is 0 Å². The molecule has 0 spiro atoms. The van der Waals surface area contributed by atoms with Gasteiger partial charge < -0.3 is 14.7 Å². The Balaban J connectivity index is 0.000000696. The van der Waals surface area contributed by atoms with Gasteiger partial charge in [0.05, 0.1) is 13.1 Å². The first-order valence-electron chi connectivity index (χ1n) is 9.84. The van der Waals surface area contributed by atoms with E-state index in [9.17, 15) is 0 Å². The second kappa shape index (κ2) is 13.9. The van der Waals surface area contributed by atoms with E-state index in [1.165, 1.54) is 50.5 Å². The lowest BCUT2D eigenvalue weighted by Gasteiger charge is -2.03. The lowest BCUT2D eigenvalue weighted by atomic mass is 10.1. The van der Waals surface area contributed by atoms with Crippen LogP contribution in [-0.2, 0) is 24.1 Å². The molecule has 8 heteroatoms. The first kappa shape index (κ1) is 24.9. The van der Waals surface area contributed by atoms with Gasteiger partial charge in [-0.25, -0.2) is 9.13 Å². The molecule has 0 unspecified atom stereocenters. The number of imidazole rings is 1. The molecule has 1 aromatic heterocycles. The van der Waals surface area contributed by atoms with Crippen LogP contribution in [0.15, 0.2) is 43.0 Å². The van der Waals surface area contributed by atoms with E-state index in [0.717, 1.165) is 24.5 Å². The zero-order valence-electron chi connectivity index (χ0n) is 16.5. The summed E-state index contributed by atoms with van der Waals surface area (Å²) < 4.78 is 13.4. The smallest absolute Gasteiger partial charge is 0.262 e. The van der Waals surface area contributed by atoms with Gasteiger partial charge in [-0.2, -0.15) is 0 Å². The molecule has 0 saturated heterocycles. The molecule has 28 heavy (non-hydrogen) atoms. The van der Waals surface area contributed by atoms with Gasteiger partial charge in [0.1, 0.15) is 12.4 Å². The summed E-state index contributed by atoms with van der Waals surface area (Å²) in [6.45, 7) is 4.50. The van der Waals surface area contributed by atoms with Crippen molar-refractivity contribution in [3.63, 3.8) is 0 Å². The molecule has 0 amide bonds. The van der Waals surface area contributed by atoms with Crippen molar-refractivity contribution < 1.29 is 23.8 Å². The second-order valence-corrected chi connectivity index (χ2v) is 8.23. The molecular formula is C20H32ClN2O4P. The summed E-state index contributed by atoms with van der Waals surface area (Å²) in [4.78, 5) is 22.9. The summed E-state index contributed by atoms with van der Waals surface area (Å²) in [5.74, 6) is 0. The monoisotopic (exact) mass is 430 g/mol. The second-order valence-electron chi connectivity index (χ2n) is 6.84. The fourth-order valence-corrected chi connectivity index (χ4v) is 3.14. The third-order valence-electron chi connectivity index (χ3n) is 4.34. The van der Waals surface area contributed by atoms with Gasteiger partial charge in [0.15, 0.2) is 0 Å². The van der Waals surface area contributed by atoms with Crippen LogP contribution in [0.1, 0.15) is 57.4 Å². The molecule has 2 aromatic rings. The zero-order chi connectivity index (χ0) is 20.8. The molecule has 0 aliphatic carbocycles. The largest absolute Gasteiger partial charge is 0.756 e. The van der Waals surface area contributed by atoms with Gasteiger partial charge in [0, 0.05) is 5.02 Å². The molecule has 2 rings (SSSR count). The van der Waals surface area contributed by atoms with Crippen LogP contribution >= 0.6 is 19.4 Å². The minimum absolute atomic E-state index is 0.898. The number of rotatable bonds is 11. The summed E-state index contributed by atoms with van der Waals surface area (Å²) >= 11 is 6.20. The molecule has 158 valence electrons. The van der Waals surface area contributed by atoms with E-state index in [0.29, 0.717) is 0 Å². The molecule has 0 atom stereocenters. The van der Waals surface area contributed by atoms with E-state index in [4.69, 9.17) is 30.8 Å². The third-order valence-corrected chi connectivity index (χ3v) is 4.71. The number of benzene rings is 1. The standard InChI is InChI=1S/C20H30ClN2.H3O4P/c1-2-3-4-5-9-14-22-16-17-23(18-22)15-10-8-12-19-11-6-7-13-20(19)21;1-5(2,3)4/h6-7,11,13,16-18H,2-5,8-10,12,14-15H2,1H3;(H3,1,2,3,4)/q+1;/p-1. The molecule has 0 fully saturated rings. The highest BCUT2D eigenvalue weighted by molar-refractivity contribution is 7.43. The van der Waals surface area contributed by atoms with Crippen molar-refractivity contribution in [3.05, 3.63) is 53.6 Å². The highest BCUT2D eigenvalue weighted by Crippen LogP contribution is 2.19. The number of halogens is 1. The molecule has 0 aliphatic heterocycles. The van der Waals surface area contributed by atoms with Gasteiger partial charge in [-0.05, 0) is 43.7 Å². The summed E-state index contributed by atoms with van der Waals surface area (Å²) in [6.07, 6.45) is 16.8. The van der Waals surface area contributed by atoms with Crippen molar-refractivity contribution >= 4 is 19.4 Å². The van der Waals surface area contributed by atoms with Gasteiger partial charge in [0.25, 0.3) is 7.82 Å². The Morgan fingerprint density at radius 1 is 1.11 bits per heavy atom. The van der Waals surface area contributed by atoms with E-state index >= 15 is 0 Å². The Bertz CT molecular complexity index is 709.